The van der Waals surface area contributed by atoms with Gasteiger partial charge in [-0.1, -0.05) is 13.8 Å². The fourth-order valence-electron chi connectivity index (χ4n) is 0. The van der Waals surface area contributed by atoms with Crippen LogP contribution < -0.4 is 0 Å². The van der Waals surface area contributed by atoms with Crippen LogP contribution in [0.25, 0.3) is 0 Å². The van der Waals surface area contributed by atoms with Crippen LogP contribution in [0.4, 0.5) is 0 Å². The lowest BCUT2D eigenvalue weighted by atomic mass is 10.5. The molecular formula is C8H20O6. The van der Waals surface area contributed by atoms with Gasteiger partial charge in [0.1, 0.15) is 0 Å². The highest BCUT2D eigenvalue weighted by atomic mass is 16.4. The normalized spacial score (nSPS) is 6.14. The topological polar surface area (TPSA) is 115 Å². The van der Waals surface area contributed by atoms with Crippen LogP contribution in [0.5, 0.6) is 0 Å². The molecule has 0 aromatic carbocycles. The van der Waals surface area contributed by atoms with Gasteiger partial charge in [0.2, 0.25) is 0 Å². The van der Waals surface area contributed by atoms with Crippen LogP contribution in [0, 0.1) is 0 Å². The Bertz CT molecular complexity index is 98.4. The summed E-state index contributed by atoms with van der Waals surface area (Å²) in [5, 5.41) is 29.4. The van der Waals surface area contributed by atoms with Crippen molar-refractivity contribution in [2.24, 2.45) is 0 Å². The first-order chi connectivity index (χ1) is 6.54. The number of carboxylic acid groups (broad SMARTS) is 2. The lowest BCUT2D eigenvalue weighted by Gasteiger charge is -1.71. The number of aliphatic hydroxyl groups excluding tert-OH is 2. The molecule has 0 radical (unpaired) electrons. The van der Waals surface area contributed by atoms with Crippen molar-refractivity contribution in [3.63, 3.8) is 0 Å². The van der Waals surface area contributed by atoms with Crippen molar-refractivity contribution in [1.29, 1.82) is 0 Å². The van der Waals surface area contributed by atoms with Crippen LogP contribution >= 0.6 is 0 Å². The Kier molecular flexibility index (Phi) is 48.9. The molecule has 0 atom stereocenters. The molecule has 6 heteroatoms. The predicted octanol–water partition coefficient (Wildman–Crippen LogP) is 0.179. The molecule has 0 heterocycles. The van der Waals surface area contributed by atoms with Gasteiger partial charge in [0.15, 0.2) is 0 Å². The molecule has 0 aliphatic rings. The Morgan fingerprint density at radius 1 is 0.786 bits per heavy atom. The minimum atomic E-state index is -0.745. The highest BCUT2D eigenvalue weighted by Gasteiger charge is 1.81. The van der Waals surface area contributed by atoms with E-state index in [0.29, 0.717) is 0 Å². The van der Waals surface area contributed by atoms with Gasteiger partial charge in [-0.25, -0.2) is 0 Å². The van der Waals surface area contributed by atoms with E-state index < -0.39 is 11.9 Å². The molecule has 0 rings (SSSR count). The molecule has 0 bridgehead atoms. The van der Waals surface area contributed by atoms with Crippen molar-refractivity contribution < 1.29 is 30.0 Å². The zero-order valence-corrected chi connectivity index (χ0v) is 9.02. The SMILES string of the molecule is CCC(=O)O.CCC(=O)O.CO.CO. The second-order valence-corrected chi connectivity index (χ2v) is 1.49. The summed E-state index contributed by atoms with van der Waals surface area (Å²) in [4.78, 5) is 18.7. The summed E-state index contributed by atoms with van der Waals surface area (Å²) in [5.41, 5.74) is 0. The van der Waals surface area contributed by atoms with Crippen molar-refractivity contribution in [3.05, 3.63) is 0 Å². The van der Waals surface area contributed by atoms with Crippen LogP contribution in [0.3, 0.4) is 0 Å². The quantitative estimate of drug-likeness (QED) is 0.519. The van der Waals surface area contributed by atoms with Gasteiger partial charge in [-0.3, -0.25) is 9.59 Å². The second kappa shape index (κ2) is 29.7. The predicted molar refractivity (Wildman–Crippen MR) is 52.1 cm³/mol. The van der Waals surface area contributed by atoms with Gasteiger partial charge in [-0.2, -0.15) is 0 Å². The number of carbonyl (C=O) groups is 2. The maximum absolute atomic E-state index is 9.37. The largest absolute Gasteiger partial charge is 0.481 e. The smallest absolute Gasteiger partial charge is 0.303 e. The van der Waals surface area contributed by atoms with Crippen molar-refractivity contribution in [1.82, 2.24) is 0 Å². The second-order valence-electron chi connectivity index (χ2n) is 1.49. The zero-order valence-electron chi connectivity index (χ0n) is 9.02. The fraction of sp³-hybridized carbons (Fsp3) is 0.750. The van der Waals surface area contributed by atoms with E-state index in [2.05, 4.69) is 0 Å². The number of rotatable bonds is 2. The van der Waals surface area contributed by atoms with Crippen LogP contribution in [-0.4, -0.2) is 46.6 Å². The van der Waals surface area contributed by atoms with Crippen molar-refractivity contribution >= 4 is 11.9 Å². The van der Waals surface area contributed by atoms with E-state index in [4.69, 9.17) is 20.4 Å². The first kappa shape index (κ1) is 23.0. The molecule has 0 amide bonds. The Morgan fingerprint density at radius 3 is 0.857 bits per heavy atom. The van der Waals surface area contributed by atoms with Gasteiger partial charge in [0, 0.05) is 27.1 Å². The third-order valence-electron chi connectivity index (χ3n) is 0.605. The van der Waals surface area contributed by atoms with Crippen molar-refractivity contribution in [2.45, 2.75) is 26.7 Å². The highest BCUT2D eigenvalue weighted by molar-refractivity contribution is 5.66. The standard InChI is InChI=1S/2C3H6O2.2CH4O/c2*1-2-3(4)5;2*1-2/h2*2H2,1H3,(H,4,5);2*2H,1H3. The molecule has 0 aliphatic heterocycles. The van der Waals surface area contributed by atoms with Crippen molar-refractivity contribution in [3.8, 4) is 0 Å². The minimum Gasteiger partial charge on any atom is -0.481 e. The molecule has 0 fully saturated rings. The van der Waals surface area contributed by atoms with Gasteiger partial charge >= 0.3 is 11.9 Å². The lowest BCUT2D eigenvalue weighted by Crippen LogP contribution is -1.86. The molecule has 0 aromatic rings. The molecule has 0 saturated carbocycles. The van der Waals surface area contributed by atoms with Gasteiger partial charge < -0.3 is 20.4 Å². The molecule has 0 aromatic heterocycles. The maximum Gasteiger partial charge on any atom is 0.303 e. The summed E-state index contributed by atoms with van der Waals surface area (Å²) in [6.45, 7) is 3.20. The average Bonchev–Trinajstić information content (AvgIpc) is 2.24. The van der Waals surface area contributed by atoms with Crippen LogP contribution in [0.2, 0.25) is 0 Å². The first-order valence-corrected chi connectivity index (χ1v) is 3.87. The van der Waals surface area contributed by atoms with Crippen molar-refractivity contribution in [2.75, 3.05) is 14.2 Å². The van der Waals surface area contributed by atoms with Gasteiger partial charge in [-0.05, 0) is 0 Å². The molecule has 0 saturated heterocycles. The minimum absolute atomic E-state index is 0.222. The van der Waals surface area contributed by atoms with Crippen LogP contribution in [0.1, 0.15) is 26.7 Å². The summed E-state index contributed by atoms with van der Waals surface area (Å²) in [6, 6.07) is 0. The summed E-state index contributed by atoms with van der Waals surface area (Å²) >= 11 is 0. The highest BCUT2D eigenvalue weighted by Crippen LogP contribution is 1.67. The number of hydrogen-bond donors (Lipinski definition) is 4. The summed E-state index contributed by atoms with van der Waals surface area (Å²) < 4.78 is 0. The number of hydrogen-bond acceptors (Lipinski definition) is 4. The maximum atomic E-state index is 9.37. The Balaban J connectivity index is -0.0000000528. The van der Waals surface area contributed by atoms with E-state index >= 15 is 0 Å². The van der Waals surface area contributed by atoms with E-state index in [1.165, 1.54) is 0 Å². The van der Waals surface area contributed by atoms with E-state index in [9.17, 15) is 9.59 Å². The monoisotopic (exact) mass is 212 g/mol. The molecule has 0 spiro atoms. The number of aliphatic carboxylic acids is 2. The molecule has 14 heavy (non-hydrogen) atoms. The summed E-state index contributed by atoms with van der Waals surface area (Å²) in [7, 11) is 2.00. The van der Waals surface area contributed by atoms with E-state index in [1.807, 2.05) is 0 Å². The van der Waals surface area contributed by atoms with E-state index in [1.54, 1.807) is 13.8 Å². The Labute approximate surface area is 83.8 Å². The van der Waals surface area contributed by atoms with E-state index in [0.717, 1.165) is 14.2 Å². The molecule has 6 nitrogen and oxygen atoms in total. The molecular weight excluding hydrogens is 192 g/mol. The number of carboxylic acids is 2. The Hall–Kier alpha value is -1.14. The van der Waals surface area contributed by atoms with Crippen LogP contribution in [-0.2, 0) is 9.59 Å². The first-order valence-electron chi connectivity index (χ1n) is 3.87. The zero-order chi connectivity index (χ0) is 12.6. The van der Waals surface area contributed by atoms with Gasteiger partial charge in [0.05, 0.1) is 0 Å². The molecule has 4 N–H and O–H groups in total. The van der Waals surface area contributed by atoms with E-state index in [-0.39, 0.29) is 12.8 Å². The Morgan fingerprint density at radius 2 is 0.857 bits per heavy atom. The third-order valence-corrected chi connectivity index (χ3v) is 0.605. The van der Waals surface area contributed by atoms with Crippen LogP contribution in [0.15, 0.2) is 0 Å². The molecule has 88 valence electrons. The molecule has 0 unspecified atom stereocenters. The average molecular weight is 212 g/mol. The summed E-state index contributed by atoms with van der Waals surface area (Å²) in [5.74, 6) is -1.49. The summed E-state index contributed by atoms with van der Waals surface area (Å²) in [6.07, 6.45) is 0.444. The van der Waals surface area contributed by atoms with Gasteiger partial charge in [-0.15, -0.1) is 0 Å². The molecule has 0 aliphatic carbocycles. The number of aliphatic hydroxyl groups is 2. The third kappa shape index (κ3) is 129. The lowest BCUT2D eigenvalue weighted by molar-refractivity contribution is -0.137. The fourth-order valence-corrected chi connectivity index (χ4v) is 0. The van der Waals surface area contributed by atoms with Gasteiger partial charge in [0.25, 0.3) is 0 Å².